The Morgan fingerprint density at radius 1 is 1.03 bits per heavy atom. The number of hydrogen-bond donors (Lipinski definition) is 1. The molecular formula is C23H28N4O4S. The fourth-order valence-corrected chi connectivity index (χ4v) is 4.54. The monoisotopic (exact) mass is 456 g/mol. The molecule has 1 amide bonds. The van der Waals surface area contributed by atoms with Crippen molar-refractivity contribution in [1.82, 2.24) is 19.4 Å². The molecule has 170 valence electrons. The number of carbonyl (C=O) groups excluding carboxylic acids is 1. The first kappa shape index (κ1) is 23.6. The molecule has 0 fully saturated rings. The van der Waals surface area contributed by atoms with Gasteiger partial charge >= 0.3 is 0 Å². The topological polar surface area (TPSA) is 101 Å². The second-order valence-corrected chi connectivity index (χ2v) is 9.83. The lowest BCUT2D eigenvalue weighted by Gasteiger charge is -2.16. The van der Waals surface area contributed by atoms with E-state index in [0.717, 1.165) is 23.6 Å². The number of nitrogens with zero attached hydrogens (tertiary/aromatic N) is 3. The lowest BCUT2D eigenvalue weighted by atomic mass is 10.1. The zero-order chi connectivity index (χ0) is 23.3. The number of aryl methyl sites for hydroxylation is 1. The third-order valence-electron chi connectivity index (χ3n) is 5.23. The number of benzene rings is 2. The summed E-state index contributed by atoms with van der Waals surface area (Å²) in [7, 11) is -0.737. The van der Waals surface area contributed by atoms with E-state index in [9.17, 15) is 18.0 Å². The van der Waals surface area contributed by atoms with Crippen LogP contribution in [0.4, 0.5) is 0 Å². The number of carbonyl (C=O) groups is 1. The van der Waals surface area contributed by atoms with Crippen molar-refractivity contribution in [3.8, 4) is 0 Å². The predicted octanol–water partition coefficient (Wildman–Crippen LogP) is 2.77. The van der Waals surface area contributed by atoms with Gasteiger partial charge in [0.2, 0.25) is 10.0 Å². The molecule has 1 aromatic heterocycles. The summed E-state index contributed by atoms with van der Waals surface area (Å²) < 4.78 is 27.7. The molecule has 0 saturated carbocycles. The Balaban J connectivity index is 1.93. The average Bonchev–Trinajstić information content (AvgIpc) is 2.79. The fourth-order valence-electron chi connectivity index (χ4n) is 3.42. The molecule has 0 aliphatic carbocycles. The first-order valence-electron chi connectivity index (χ1n) is 10.6. The molecule has 8 nitrogen and oxygen atoms in total. The van der Waals surface area contributed by atoms with E-state index in [-0.39, 0.29) is 22.7 Å². The van der Waals surface area contributed by atoms with Gasteiger partial charge in [-0.25, -0.2) is 17.4 Å². The Hall–Kier alpha value is -3.04. The number of hydrogen-bond acceptors (Lipinski definition) is 5. The average molecular weight is 457 g/mol. The molecule has 32 heavy (non-hydrogen) atoms. The van der Waals surface area contributed by atoms with E-state index in [1.54, 1.807) is 42.5 Å². The molecule has 9 heteroatoms. The van der Waals surface area contributed by atoms with Crippen LogP contribution in [0.25, 0.3) is 10.8 Å². The van der Waals surface area contributed by atoms with Crippen LogP contribution in [0.5, 0.6) is 0 Å². The highest BCUT2D eigenvalue weighted by Gasteiger charge is 2.22. The van der Waals surface area contributed by atoms with Crippen molar-refractivity contribution in [3.63, 3.8) is 0 Å². The van der Waals surface area contributed by atoms with Gasteiger partial charge in [-0.15, -0.1) is 0 Å². The Labute approximate surface area is 187 Å². The molecule has 0 unspecified atom stereocenters. The third-order valence-corrected chi connectivity index (χ3v) is 7.14. The molecule has 3 aromatic rings. The van der Waals surface area contributed by atoms with Gasteiger partial charge in [0.05, 0.1) is 10.3 Å². The van der Waals surface area contributed by atoms with Gasteiger partial charge in [-0.2, -0.15) is 5.10 Å². The minimum Gasteiger partial charge on any atom is -0.346 e. The number of rotatable bonds is 9. The van der Waals surface area contributed by atoms with Crippen LogP contribution in [-0.4, -0.2) is 42.5 Å². The van der Waals surface area contributed by atoms with Crippen LogP contribution in [0, 0.1) is 0 Å². The van der Waals surface area contributed by atoms with Crippen LogP contribution in [0.3, 0.4) is 0 Å². The number of aromatic nitrogens is 2. The Kier molecular flexibility index (Phi) is 7.42. The molecule has 1 N–H and O–H groups in total. The highest BCUT2D eigenvalue weighted by molar-refractivity contribution is 7.89. The third kappa shape index (κ3) is 4.89. The number of fused-ring (bicyclic) bond motifs is 1. The normalized spacial score (nSPS) is 11.8. The molecule has 0 radical (unpaired) electrons. The maximum absolute atomic E-state index is 13.1. The zero-order valence-electron chi connectivity index (χ0n) is 18.5. The lowest BCUT2D eigenvalue weighted by molar-refractivity contribution is 0.0945. The standard InChI is InChI=1S/C23H28N4O4S/c1-4-5-10-15-27-23(29)19-13-8-7-12-18(19)21(25-27)22(28)24-16-17-11-6-9-14-20(17)32(30,31)26(2)3/h6-9,11-14H,4-5,10,15-16H2,1-3H3,(H,24,28). The number of sulfonamides is 1. The summed E-state index contributed by atoms with van der Waals surface area (Å²) in [6, 6.07) is 13.4. The maximum atomic E-state index is 13.1. The van der Waals surface area contributed by atoms with Gasteiger partial charge in [-0.05, 0) is 24.1 Å². The second kappa shape index (κ2) is 10.1. The van der Waals surface area contributed by atoms with E-state index in [2.05, 4.69) is 17.3 Å². The van der Waals surface area contributed by atoms with Gasteiger partial charge in [0.15, 0.2) is 5.69 Å². The maximum Gasteiger partial charge on any atom is 0.274 e. The number of nitrogens with one attached hydrogen (secondary N) is 1. The van der Waals surface area contributed by atoms with Gasteiger partial charge < -0.3 is 5.32 Å². The second-order valence-electron chi connectivity index (χ2n) is 7.71. The number of amides is 1. The molecule has 0 spiro atoms. The Morgan fingerprint density at radius 2 is 1.69 bits per heavy atom. The van der Waals surface area contributed by atoms with Crippen molar-refractivity contribution in [1.29, 1.82) is 0 Å². The van der Waals surface area contributed by atoms with Gasteiger partial charge in [-0.3, -0.25) is 9.59 Å². The first-order valence-corrected chi connectivity index (χ1v) is 12.0. The predicted molar refractivity (Wildman–Crippen MR) is 124 cm³/mol. The highest BCUT2D eigenvalue weighted by atomic mass is 32.2. The van der Waals surface area contributed by atoms with E-state index in [1.807, 2.05) is 0 Å². The van der Waals surface area contributed by atoms with Crippen LogP contribution >= 0.6 is 0 Å². The largest absolute Gasteiger partial charge is 0.346 e. The molecule has 0 aliphatic rings. The van der Waals surface area contributed by atoms with E-state index in [0.29, 0.717) is 22.9 Å². The van der Waals surface area contributed by atoms with E-state index >= 15 is 0 Å². The Bertz CT molecular complexity index is 1280. The molecule has 1 heterocycles. The van der Waals surface area contributed by atoms with Crippen LogP contribution in [0.15, 0.2) is 58.2 Å². The Morgan fingerprint density at radius 3 is 2.38 bits per heavy atom. The van der Waals surface area contributed by atoms with Gasteiger partial charge in [-0.1, -0.05) is 56.2 Å². The summed E-state index contributed by atoms with van der Waals surface area (Å²) in [6.45, 7) is 2.51. The summed E-state index contributed by atoms with van der Waals surface area (Å²) in [5, 5.41) is 8.02. The van der Waals surface area contributed by atoms with Crippen molar-refractivity contribution in [2.75, 3.05) is 14.1 Å². The van der Waals surface area contributed by atoms with Gasteiger partial charge in [0, 0.05) is 32.6 Å². The summed E-state index contributed by atoms with van der Waals surface area (Å²) in [5.41, 5.74) is 0.385. The molecule has 2 aromatic carbocycles. The number of unbranched alkanes of at least 4 members (excludes halogenated alkanes) is 2. The minimum atomic E-state index is -3.66. The fraction of sp³-hybridized carbons (Fsp3) is 0.348. The molecule has 0 aliphatic heterocycles. The lowest BCUT2D eigenvalue weighted by Crippen LogP contribution is -2.31. The van der Waals surface area contributed by atoms with Crippen molar-refractivity contribution < 1.29 is 13.2 Å². The van der Waals surface area contributed by atoms with Gasteiger partial charge in [0.1, 0.15) is 0 Å². The molecule has 0 saturated heterocycles. The zero-order valence-corrected chi connectivity index (χ0v) is 19.4. The molecular weight excluding hydrogens is 428 g/mol. The van der Waals surface area contributed by atoms with E-state index < -0.39 is 15.9 Å². The van der Waals surface area contributed by atoms with E-state index in [1.165, 1.54) is 24.8 Å². The van der Waals surface area contributed by atoms with E-state index in [4.69, 9.17) is 0 Å². The highest BCUT2D eigenvalue weighted by Crippen LogP contribution is 2.19. The smallest absolute Gasteiger partial charge is 0.274 e. The van der Waals surface area contributed by atoms with Crippen LogP contribution < -0.4 is 10.9 Å². The van der Waals surface area contributed by atoms with Crippen LogP contribution in [0.1, 0.15) is 42.2 Å². The summed E-state index contributed by atoms with van der Waals surface area (Å²) in [6.07, 6.45) is 2.75. The van der Waals surface area contributed by atoms with Crippen LogP contribution in [0.2, 0.25) is 0 Å². The summed E-state index contributed by atoms with van der Waals surface area (Å²) in [5.74, 6) is -0.470. The SMILES string of the molecule is CCCCCn1nc(C(=O)NCc2ccccc2S(=O)(=O)N(C)C)c2ccccc2c1=O. The van der Waals surface area contributed by atoms with Crippen molar-refractivity contribution in [2.45, 2.75) is 44.2 Å². The summed E-state index contributed by atoms with van der Waals surface area (Å²) >= 11 is 0. The molecule has 3 rings (SSSR count). The summed E-state index contributed by atoms with van der Waals surface area (Å²) in [4.78, 5) is 26.0. The van der Waals surface area contributed by atoms with Crippen LogP contribution in [-0.2, 0) is 23.1 Å². The van der Waals surface area contributed by atoms with Crippen molar-refractivity contribution >= 4 is 26.7 Å². The van der Waals surface area contributed by atoms with Gasteiger partial charge in [0.25, 0.3) is 11.5 Å². The quantitative estimate of drug-likeness (QED) is 0.499. The first-order chi connectivity index (χ1) is 15.3. The van der Waals surface area contributed by atoms with Crippen molar-refractivity contribution in [2.24, 2.45) is 0 Å². The molecule has 0 bridgehead atoms. The minimum absolute atomic E-state index is 0.00699. The van der Waals surface area contributed by atoms with Crippen molar-refractivity contribution in [3.05, 3.63) is 70.1 Å². The molecule has 0 atom stereocenters.